The number of carbonyl (C=O) groups is 2. The van der Waals surface area contributed by atoms with Crippen molar-refractivity contribution in [1.82, 2.24) is 5.32 Å². The molecule has 0 aromatic rings. The van der Waals surface area contributed by atoms with Gasteiger partial charge in [-0.05, 0) is 36.5 Å². The maximum Gasteiger partial charge on any atom is 0.328 e. The van der Waals surface area contributed by atoms with Gasteiger partial charge >= 0.3 is 5.97 Å². The van der Waals surface area contributed by atoms with Crippen LogP contribution in [0.25, 0.3) is 0 Å². The van der Waals surface area contributed by atoms with E-state index in [-0.39, 0.29) is 17.8 Å². The quantitative estimate of drug-likeness (QED) is 0.368. The molecule has 0 saturated heterocycles. The number of amides is 1. The Bertz CT molecular complexity index is 322. The third-order valence-electron chi connectivity index (χ3n) is 2.70. The van der Waals surface area contributed by atoms with Gasteiger partial charge in [0.15, 0.2) is 0 Å². The van der Waals surface area contributed by atoms with E-state index in [1.165, 1.54) is 7.11 Å². The van der Waals surface area contributed by atoms with Crippen molar-refractivity contribution in [2.75, 3.05) is 24.9 Å². The average Bonchev–Trinajstić information content (AvgIpc) is 2.42. The SMILES string of the molecule is COC(=O)[C@H](CCSC)NC(=O)CC(C)/C=C/CCS. The van der Waals surface area contributed by atoms with E-state index in [2.05, 4.69) is 17.9 Å². The maximum absolute atomic E-state index is 11.9. The van der Waals surface area contributed by atoms with Crippen LogP contribution in [0.1, 0.15) is 26.2 Å². The first-order valence-electron chi connectivity index (χ1n) is 6.68. The van der Waals surface area contributed by atoms with Gasteiger partial charge in [-0.25, -0.2) is 4.79 Å². The van der Waals surface area contributed by atoms with Gasteiger partial charge < -0.3 is 10.1 Å². The van der Waals surface area contributed by atoms with Gasteiger partial charge in [0.25, 0.3) is 0 Å². The van der Waals surface area contributed by atoms with Crippen molar-refractivity contribution in [3.8, 4) is 0 Å². The van der Waals surface area contributed by atoms with Crippen molar-refractivity contribution < 1.29 is 14.3 Å². The monoisotopic (exact) mass is 319 g/mol. The number of thioether (sulfide) groups is 1. The third kappa shape index (κ3) is 9.31. The molecular weight excluding hydrogens is 294 g/mol. The first-order chi connectivity index (χ1) is 9.54. The predicted octanol–water partition coefficient (Wildman–Crippen LogP) is 2.30. The second-order valence-electron chi connectivity index (χ2n) is 4.55. The lowest BCUT2D eigenvalue weighted by atomic mass is 10.1. The molecule has 0 heterocycles. The number of allylic oxidation sites excluding steroid dienone is 2. The summed E-state index contributed by atoms with van der Waals surface area (Å²) in [5.74, 6) is 1.25. The van der Waals surface area contributed by atoms with Gasteiger partial charge in [0.05, 0.1) is 7.11 Å². The molecule has 0 fully saturated rings. The number of thiol groups is 1. The lowest BCUT2D eigenvalue weighted by Gasteiger charge is -2.16. The first-order valence-corrected chi connectivity index (χ1v) is 8.71. The maximum atomic E-state index is 11.9. The highest BCUT2D eigenvalue weighted by Crippen LogP contribution is 2.07. The van der Waals surface area contributed by atoms with Crippen molar-refractivity contribution in [2.24, 2.45) is 5.92 Å². The molecule has 6 heteroatoms. The van der Waals surface area contributed by atoms with E-state index in [1.54, 1.807) is 11.8 Å². The zero-order chi connectivity index (χ0) is 15.4. The van der Waals surface area contributed by atoms with Crippen LogP contribution in [0.5, 0.6) is 0 Å². The van der Waals surface area contributed by atoms with E-state index < -0.39 is 6.04 Å². The van der Waals surface area contributed by atoms with E-state index >= 15 is 0 Å². The Morgan fingerprint density at radius 3 is 2.70 bits per heavy atom. The minimum Gasteiger partial charge on any atom is -0.467 e. The topological polar surface area (TPSA) is 55.4 Å². The Balaban J connectivity index is 4.26. The zero-order valence-corrected chi connectivity index (χ0v) is 14.1. The van der Waals surface area contributed by atoms with Gasteiger partial charge in [0.1, 0.15) is 6.04 Å². The standard InChI is InChI=1S/C14H25NO3S2/c1-11(6-4-5-8-19)10-13(16)15-12(7-9-20-3)14(17)18-2/h4,6,11-12,19H,5,7-10H2,1-3H3,(H,15,16)/b6-4+/t11?,12-/m0/s1. The second kappa shape index (κ2) is 12.1. The summed E-state index contributed by atoms with van der Waals surface area (Å²) in [6.45, 7) is 1.98. The van der Waals surface area contributed by atoms with E-state index in [0.717, 1.165) is 17.9 Å². The first kappa shape index (κ1) is 19.4. The number of hydrogen-bond acceptors (Lipinski definition) is 5. The van der Waals surface area contributed by atoms with Crippen LogP contribution in [0, 0.1) is 5.92 Å². The summed E-state index contributed by atoms with van der Waals surface area (Å²) >= 11 is 5.75. The molecule has 1 unspecified atom stereocenters. The van der Waals surface area contributed by atoms with Crippen molar-refractivity contribution in [3.63, 3.8) is 0 Å². The molecule has 0 bridgehead atoms. The fourth-order valence-corrected chi connectivity index (χ4v) is 2.26. The summed E-state index contributed by atoms with van der Waals surface area (Å²) < 4.78 is 4.71. The Morgan fingerprint density at radius 1 is 1.45 bits per heavy atom. The second-order valence-corrected chi connectivity index (χ2v) is 5.98. The number of rotatable bonds is 10. The van der Waals surface area contributed by atoms with Crippen LogP contribution in [0.4, 0.5) is 0 Å². The van der Waals surface area contributed by atoms with Crippen LogP contribution in [0.3, 0.4) is 0 Å². The van der Waals surface area contributed by atoms with Crippen molar-refractivity contribution >= 4 is 36.3 Å². The van der Waals surface area contributed by atoms with Gasteiger partial charge in [-0.2, -0.15) is 24.4 Å². The van der Waals surface area contributed by atoms with Crippen LogP contribution in [-0.2, 0) is 14.3 Å². The molecule has 0 aliphatic rings. The van der Waals surface area contributed by atoms with E-state index in [9.17, 15) is 9.59 Å². The fourth-order valence-electron chi connectivity index (χ4n) is 1.64. The molecule has 0 saturated carbocycles. The van der Waals surface area contributed by atoms with Gasteiger partial charge in [-0.3, -0.25) is 4.79 Å². The molecule has 0 rings (SSSR count). The summed E-state index contributed by atoms with van der Waals surface area (Å²) in [6.07, 6.45) is 7.85. The number of esters is 1. The number of carbonyl (C=O) groups excluding carboxylic acids is 2. The van der Waals surface area contributed by atoms with Crippen LogP contribution in [0.2, 0.25) is 0 Å². The van der Waals surface area contributed by atoms with E-state index in [0.29, 0.717) is 12.8 Å². The van der Waals surface area contributed by atoms with Crippen LogP contribution < -0.4 is 5.32 Å². The molecular formula is C14H25NO3S2. The van der Waals surface area contributed by atoms with Gasteiger partial charge in [0.2, 0.25) is 5.91 Å². The lowest BCUT2D eigenvalue weighted by Crippen LogP contribution is -2.42. The molecule has 0 spiro atoms. The largest absolute Gasteiger partial charge is 0.467 e. The smallest absolute Gasteiger partial charge is 0.328 e. The minimum absolute atomic E-state index is 0.121. The molecule has 1 N–H and O–H groups in total. The lowest BCUT2D eigenvalue weighted by molar-refractivity contribution is -0.145. The summed E-state index contributed by atoms with van der Waals surface area (Å²) in [5.41, 5.74) is 0. The normalized spacial score (nSPS) is 14.0. The molecule has 20 heavy (non-hydrogen) atoms. The number of ether oxygens (including phenoxy) is 1. The highest BCUT2D eigenvalue weighted by Gasteiger charge is 2.21. The zero-order valence-electron chi connectivity index (χ0n) is 12.4. The van der Waals surface area contributed by atoms with Crippen LogP contribution in [-0.4, -0.2) is 42.8 Å². The number of methoxy groups -OCH3 is 1. The molecule has 4 nitrogen and oxygen atoms in total. The molecule has 1 amide bonds. The molecule has 0 aromatic carbocycles. The molecule has 0 aromatic heterocycles. The summed E-state index contributed by atoms with van der Waals surface area (Å²) in [5, 5.41) is 2.75. The molecule has 116 valence electrons. The third-order valence-corrected chi connectivity index (χ3v) is 3.60. The van der Waals surface area contributed by atoms with Gasteiger partial charge in [-0.15, -0.1) is 0 Å². The predicted molar refractivity (Wildman–Crippen MR) is 88.3 cm³/mol. The molecule has 0 aliphatic carbocycles. The van der Waals surface area contributed by atoms with Crippen LogP contribution >= 0.6 is 24.4 Å². The summed E-state index contributed by atoms with van der Waals surface area (Å²) in [6, 6.07) is -0.548. The highest BCUT2D eigenvalue weighted by molar-refractivity contribution is 7.98. The number of nitrogens with one attached hydrogen (secondary N) is 1. The highest BCUT2D eigenvalue weighted by atomic mass is 32.2. The van der Waals surface area contributed by atoms with Crippen LogP contribution in [0.15, 0.2) is 12.2 Å². The average molecular weight is 319 g/mol. The van der Waals surface area contributed by atoms with E-state index in [1.807, 2.05) is 25.3 Å². The Kier molecular flexibility index (Phi) is 11.8. The molecule has 0 aliphatic heterocycles. The summed E-state index contributed by atoms with van der Waals surface area (Å²) in [7, 11) is 1.34. The minimum atomic E-state index is -0.548. The Hall–Kier alpha value is -0.620. The molecule has 0 radical (unpaired) electrons. The van der Waals surface area contributed by atoms with Crippen molar-refractivity contribution in [2.45, 2.75) is 32.2 Å². The van der Waals surface area contributed by atoms with Gasteiger partial charge in [-0.1, -0.05) is 19.1 Å². The van der Waals surface area contributed by atoms with E-state index in [4.69, 9.17) is 4.74 Å². The van der Waals surface area contributed by atoms with Crippen molar-refractivity contribution in [1.29, 1.82) is 0 Å². The van der Waals surface area contributed by atoms with Gasteiger partial charge in [0, 0.05) is 6.42 Å². The fraction of sp³-hybridized carbons (Fsp3) is 0.714. The Morgan fingerprint density at radius 2 is 2.15 bits per heavy atom. The Labute approximate surface area is 131 Å². The van der Waals surface area contributed by atoms with Crippen molar-refractivity contribution in [3.05, 3.63) is 12.2 Å². The summed E-state index contributed by atoms with van der Waals surface area (Å²) in [4.78, 5) is 23.5. The number of hydrogen-bond donors (Lipinski definition) is 2. The molecule has 2 atom stereocenters.